The molecule has 0 radical (unpaired) electrons. The lowest BCUT2D eigenvalue weighted by atomic mass is 9.84. The summed E-state index contributed by atoms with van der Waals surface area (Å²) < 4.78 is 1.03. The standard InChI is InChI=1S/C16H24BrNO/c1-3-12-4-7-15(8-5-12)18(2)16-9-6-14(17)10-13(16)11-19/h6,9-10,12,15,19H,3-5,7-8,11H2,1-2H3. The molecule has 1 fully saturated rings. The number of hydrogen-bond donors (Lipinski definition) is 1. The zero-order chi connectivity index (χ0) is 13.8. The van der Waals surface area contributed by atoms with Crippen molar-refractivity contribution < 1.29 is 5.11 Å². The Morgan fingerprint density at radius 1 is 1.26 bits per heavy atom. The van der Waals surface area contributed by atoms with Crippen LogP contribution in [0.1, 0.15) is 44.6 Å². The fourth-order valence-corrected chi connectivity index (χ4v) is 3.57. The summed E-state index contributed by atoms with van der Waals surface area (Å²) in [5, 5.41) is 9.52. The van der Waals surface area contributed by atoms with E-state index in [2.05, 4.69) is 46.9 Å². The van der Waals surface area contributed by atoms with E-state index in [0.29, 0.717) is 6.04 Å². The van der Waals surface area contributed by atoms with E-state index >= 15 is 0 Å². The highest BCUT2D eigenvalue weighted by Crippen LogP contribution is 2.33. The Kier molecular flexibility index (Phi) is 5.28. The van der Waals surface area contributed by atoms with Crippen molar-refractivity contribution in [2.45, 2.75) is 51.7 Å². The van der Waals surface area contributed by atoms with E-state index in [-0.39, 0.29) is 6.61 Å². The SMILES string of the molecule is CCC1CCC(N(C)c2ccc(Br)cc2CO)CC1. The molecule has 0 amide bonds. The minimum atomic E-state index is 0.101. The van der Waals surface area contributed by atoms with Gasteiger partial charge in [-0.2, -0.15) is 0 Å². The van der Waals surface area contributed by atoms with Gasteiger partial charge in [0.25, 0.3) is 0 Å². The van der Waals surface area contributed by atoms with Gasteiger partial charge in [0.05, 0.1) is 6.61 Å². The first kappa shape index (κ1) is 14.9. The molecule has 1 saturated carbocycles. The maximum Gasteiger partial charge on any atom is 0.0702 e. The molecule has 19 heavy (non-hydrogen) atoms. The lowest BCUT2D eigenvalue weighted by Crippen LogP contribution is -2.35. The molecule has 1 aromatic rings. The van der Waals surface area contributed by atoms with Crippen LogP contribution in [0.15, 0.2) is 22.7 Å². The quantitative estimate of drug-likeness (QED) is 0.889. The van der Waals surface area contributed by atoms with Crippen LogP contribution >= 0.6 is 15.9 Å². The third kappa shape index (κ3) is 3.51. The molecule has 1 aromatic carbocycles. The fourth-order valence-electron chi connectivity index (χ4n) is 3.16. The molecule has 0 bridgehead atoms. The highest BCUT2D eigenvalue weighted by Gasteiger charge is 2.24. The van der Waals surface area contributed by atoms with Crippen LogP contribution in [0.25, 0.3) is 0 Å². The van der Waals surface area contributed by atoms with Crippen LogP contribution in [0.5, 0.6) is 0 Å². The average Bonchev–Trinajstić information content (AvgIpc) is 2.46. The summed E-state index contributed by atoms with van der Waals surface area (Å²) in [5.74, 6) is 0.923. The summed E-state index contributed by atoms with van der Waals surface area (Å²) >= 11 is 3.47. The Labute approximate surface area is 124 Å². The Balaban J connectivity index is 2.09. The number of aliphatic hydroxyl groups is 1. The van der Waals surface area contributed by atoms with Gasteiger partial charge in [0.2, 0.25) is 0 Å². The molecule has 106 valence electrons. The van der Waals surface area contributed by atoms with Crippen LogP contribution < -0.4 is 4.90 Å². The van der Waals surface area contributed by atoms with Crippen LogP contribution in [0.2, 0.25) is 0 Å². The van der Waals surface area contributed by atoms with Crippen LogP contribution in [-0.2, 0) is 6.61 Å². The molecule has 0 aliphatic heterocycles. The largest absolute Gasteiger partial charge is 0.392 e. The van der Waals surface area contributed by atoms with Crippen molar-refractivity contribution in [3.05, 3.63) is 28.2 Å². The minimum Gasteiger partial charge on any atom is -0.392 e. The first-order valence-electron chi connectivity index (χ1n) is 7.27. The van der Waals surface area contributed by atoms with Crippen molar-refractivity contribution >= 4 is 21.6 Å². The number of nitrogens with zero attached hydrogens (tertiary/aromatic N) is 1. The summed E-state index contributed by atoms with van der Waals surface area (Å²) in [4.78, 5) is 2.36. The van der Waals surface area contributed by atoms with Crippen molar-refractivity contribution in [3.8, 4) is 0 Å². The molecule has 0 spiro atoms. The van der Waals surface area contributed by atoms with Gasteiger partial charge in [-0.3, -0.25) is 0 Å². The monoisotopic (exact) mass is 325 g/mol. The minimum absolute atomic E-state index is 0.101. The molecule has 1 aliphatic rings. The molecule has 2 rings (SSSR count). The molecular formula is C16H24BrNO. The van der Waals surface area contributed by atoms with Gasteiger partial charge in [-0.05, 0) is 49.8 Å². The zero-order valence-corrected chi connectivity index (χ0v) is 13.5. The van der Waals surface area contributed by atoms with Crippen LogP contribution in [0.4, 0.5) is 5.69 Å². The summed E-state index contributed by atoms with van der Waals surface area (Å²) in [5.41, 5.74) is 2.18. The van der Waals surface area contributed by atoms with Gasteiger partial charge in [0, 0.05) is 28.8 Å². The predicted molar refractivity (Wildman–Crippen MR) is 84.5 cm³/mol. The smallest absolute Gasteiger partial charge is 0.0702 e. The van der Waals surface area contributed by atoms with E-state index in [4.69, 9.17) is 0 Å². The van der Waals surface area contributed by atoms with Crippen LogP contribution in [0, 0.1) is 5.92 Å². The maximum atomic E-state index is 9.52. The van der Waals surface area contributed by atoms with Crippen molar-refractivity contribution in [1.82, 2.24) is 0 Å². The van der Waals surface area contributed by atoms with E-state index in [1.165, 1.54) is 37.8 Å². The normalized spacial score (nSPS) is 23.4. The van der Waals surface area contributed by atoms with E-state index in [1.807, 2.05) is 6.07 Å². The van der Waals surface area contributed by atoms with Gasteiger partial charge in [-0.25, -0.2) is 0 Å². The van der Waals surface area contributed by atoms with Gasteiger partial charge in [0.15, 0.2) is 0 Å². The number of rotatable bonds is 4. The molecule has 0 unspecified atom stereocenters. The molecule has 0 atom stereocenters. The van der Waals surface area contributed by atoms with E-state index in [1.54, 1.807) is 0 Å². The second-order valence-corrected chi connectivity index (χ2v) is 6.54. The summed E-state index contributed by atoms with van der Waals surface area (Å²) in [6.45, 7) is 2.40. The third-order valence-corrected chi connectivity index (χ3v) is 5.03. The van der Waals surface area contributed by atoms with Crippen molar-refractivity contribution in [2.24, 2.45) is 5.92 Å². The zero-order valence-electron chi connectivity index (χ0n) is 11.9. The first-order valence-corrected chi connectivity index (χ1v) is 8.07. The Morgan fingerprint density at radius 3 is 2.53 bits per heavy atom. The van der Waals surface area contributed by atoms with Gasteiger partial charge in [0.1, 0.15) is 0 Å². The topological polar surface area (TPSA) is 23.5 Å². The highest BCUT2D eigenvalue weighted by molar-refractivity contribution is 9.10. The number of anilines is 1. The second kappa shape index (κ2) is 6.76. The first-order chi connectivity index (χ1) is 9.15. The van der Waals surface area contributed by atoms with Crippen LogP contribution in [-0.4, -0.2) is 18.2 Å². The predicted octanol–water partition coefficient (Wildman–Crippen LogP) is 4.35. The Bertz CT molecular complexity index is 413. The van der Waals surface area contributed by atoms with Crippen LogP contribution in [0.3, 0.4) is 0 Å². The maximum absolute atomic E-state index is 9.52. The summed E-state index contributed by atoms with van der Waals surface area (Å²) in [6, 6.07) is 6.81. The van der Waals surface area contributed by atoms with Crippen molar-refractivity contribution in [2.75, 3.05) is 11.9 Å². The number of benzene rings is 1. The number of hydrogen-bond acceptors (Lipinski definition) is 2. The van der Waals surface area contributed by atoms with Crippen molar-refractivity contribution in [1.29, 1.82) is 0 Å². The Morgan fingerprint density at radius 2 is 1.95 bits per heavy atom. The van der Waals surface area contributed by atoms with Gasteiger partial charge >= 0.3 is 0 Å². The molecule has 0 saturated heterocycles. The van der Waals surface area contributed by atoms with Gasteiger partial charge < -0.3 is 10.0 Å². The van der Waals surface area contributed by atoms with Crippen molar-refractivity contribution in [3.63, 3.8) is 0 Å². The number of aliphatic hydroxyl groups excluding tert-OH is 1. The third-order valence-electron chi connectivity index (χ3n) is 4.53. The summed E-state index contributed by atoms with van der Waals surface area (Å²) in [7, 11) is 2.17. The summed E-state index contributed by atoms with van der Waals surface area (Å²) in [6.07, 6.45) is 6.55. The van der Waals surface area contributed by atoms with Gasteiger partial charge in [-0.15, -0.1) is 0 Å². The molecule has 1 N–H and O–H groups in total. The number of halogens is 1. The second-order valence-electron chi connectivity index (χ2n) is 5.62. The van der Waals surface area contributed by atoms with E-state index in [9.17, 15) is 5.11 Å². The molecule has 0 aromatic heterocycles. The van der Waals surface area contributed by atoms with Gasteiger partial charge in [-0.1, -0.05) is 29.3 Å². The lowest BCUT2D eigenvalue weighted by Gasteiger charge is -2.36. The molecule has 0 heterocycles. The molecule has 2 nitrogen and oxygen atoms in total. The lowest BCUT2D eigenvalue weighted by molar-refractivity contribution is 0.280. The average molecular weight is 326 g/mol. The highest BCUT2D eigenvalue weighted by atomic mass is 79.9. The molecule has 1 aliphatic carbocycles. The molecule has 3 heteroatoms. The van der Waals surface area contributed by atoms with E-state index in [0.717, 1.165) is 16.0 Å². The van der Waals surface area contributed by atoms with E-state index < -0.39 is 0 Å². The molecular weight excluding hydrogens is 302 g/mol. The Hall–Kier alpha value is -0.540. The fraction of sp³-hybridized carbons (Fsp3) is 0.625.